The maximum atomic E-state index is 12.2. The highest BCUT2D eigenvalue weighted by molar-refractivity contribution is 6.42. The number of hydrogen-bond donors (Lipinski definition) is 1. The third-order valence-corrected chi connectivity index (χ3v) is 3.79. The quantitative estimate of drug-likeness (QED) is 0.904. The average Bonchev–Trinajstić information content (AvgIpc) is 2.91. The molecule has 8 heteroatoms. The molecule has 0 radical (unpaired) electrons. The van der Waals surface area contributed by atoms with Crippen molar-refractivity contribution in [3.8, 4) is 0 Å². The van der Waals surface area contributed by atoms with Crippen LogP contribution in [0, 0.1) is 0 Å². The zero-order valence-corrected chi connectivity index (χ0v) is 13.7. The molecular weight excluding hydrogens is 327 g/mol. The van der Waals surface area contributed by atoms with Gasteiger partial charge in [0.25, 0.3) is 0 Å². The summed E-state index contributed by atoms with van der Waals surface area (Å²) in [6, 6.07) is 5.25. The van der Waals surface area contributed by atoms with Gasteiger partial charge in [-0.2, -0.15) is 5.10 Å². The van der Waals surface area contributed by atoms with Gasteiger partial charge in [-0.1, -0.05) is 29.3 Å². The number of nitrogens with zero attached hydrogens (tertiary/aromatic N) is 4. The Bertz CT molecular complexity index is 673. The predicted octanol–water partition coefficient (Wildman–Crippen LogP) is 2.30. The number of carbonyl (C=O) groups excluding carboxylic acids is 1. The van der Waals surface area contributed by atoms with Crippen LogP contribution >= 0.6 is 23.2 Å². The molecule has 1 N–H and O–H groups in total. The van der Waals surface area contributed by atoms with Crippen molar-refractivity contribution in [3.05, 3.63) is 46.0 Å². The van der Waals surface area contributed by atoms with Crippen LogP contribution in [0.3, 0.4) is 0 Å². The van der Waals surface area contributed by atoms with Crippen molar-refractivity contribution in [2.24, 2.45) is 0 Å². The molecule has 1 amide bonds. The predicted molar refractivity (Wildman–Crippen MR) is 83.6 cm³/mol. The highest BCUT2D eigenvalue weighted by Crippen LogP contribution is 2.23. The second-order valence-electron chi connectivity index (χ2n) is 4.97. The van der Waals surface area contributed by atoms with E-state index < -0.39 is 6.10 Å². The Hall–Kier alpha value is -1.63. The van der Waals surface area contributed by atoms with Gasteiger partial charge in [0.05, 0.1) is 10.0 Å². The van der Waals surface area contributed by atoms with E-state index in [2.05, 4.69) is 10.1 Å². The maximum Gasteiger partial charge on any atom is 0.244 e. The van der Waals surface area contributed by atoms with Crippen LogP contribution < -0.4 is 0 Å². The number of rotatable bonds is 5. The largest absolute Gasteiger partial charge is 0.385 e. The third-order valence-electron chi connectivity index (χ3n) is 3.05. The molecule has 0 saturated carbocycles. The number of halogens is 2. The van der Waals surface area contributed by atoms with E-state index in [0.29, 0.717) is 22.4 Å². The van der Waals surface area contributed by atoms with Gasteiger partial charge in [-0.25, -0.2) is 9.67 Å². The molecule has 1 heterocycles. The average molecular weight is 343 g/mol. The lowest BCUT2D eigenvalue weighted by Gasteiger charge is -2.17. The van der Waals surface area contributed by atoms with Gasteiger partial charge >= 0.3 is 0 Å². The number of aromatic nitrogens is 3. The molecule has 2 aromatic rings. The van der Waals surface area contributed by atoms with Crippen LogP contribution in [0.1, 0.15) is 24.4 Å². The van der Waals surface area contributed by atoms with Crippen LogP contribution in [-0.4, -0.2) is 37.7 Å². The third kappa shape index (κ3) is 4.19. The smallest absolute Gasteiger partial charge is 0.244 e. The van der Waals surface area contributed by atoms with Gasteiger partial charge in [0, 0.05) is 13.6 Å². The van der Waals surface area contributed by atoms with Gasteiger partial charge in [0.2, 0.25) is 5.91 Å². The van der Waals surface area contributed by atoms with E-state index >= 15 is 0 Å². The minimum absolute atomic E-state index is 0.0531. The summed E-state index contributed by atoms with van der Waals surface area (Å²) in [5.74, 6) is 0.160. The first-order chi connectivity index (χ1) is 10.4. The van der Waals surface area contributed by atoms with Gasteiger partial charge in [0.1, 0.15) is 19.0 Å². The molecule has 0 fully saturated rings. The monoisotopic (exact) mass is 342 g/mol. The van der Waals surface area contributed by atoms with Crippen LogP contribution in [0.25, 0.3) is 0 Å². The molecule has 1 aromatic carbocycles. The molecule has 0 saturated heterocycles. The fraction of sp³-hybridized carbons (Fsp3) is 0.357. The molecule has 1 aromatic heterocycles. The van der Waals surface area contributed by atoms with Gasteiger partial charge in [-0.05, 0) is 24.6 Å². The molecule has 0 aliphatic rings. The molecular formula is C14H16Cl2N4O2. The lowest BCUT2D eigenvalue weighted by molar-refractivity contribution is -0.131. The number of likely N-dealkylation sites (N-methyl/N-ethyl adjacent to an activating group) is 1. The van der Waals surface area contributed by atoms with Crippen molar-refractivity contribution in [2.45, 2.75) is 26.1 Å². The summed E-state index contributed by atoms with van der Waals surface area (Å²) in [7, 11) is 1.69. The highest BCUT2D eigenvalue weighted by Gasteiger charge is 2.13. The number of carbonyl (C=O) groups is 1. The number of amides is 1. The molecule has 0 bridgehead atoms. The fourth-order valence-electron chi connectivity index (χ4n) is 1.84. The number of aliphatic hydroxyl groups excluding tert-OH is 1. The second-order valence-corrected chi connectivity index (χ2v) is 5.79. The molecule has 0 spiro atoms. The van der Waals surface area contributed by atoms with Crippen LogP contribution in [0.4, 0.5) is 0 Å². The molecule has 118 valence electrons. The lowest BCUT2D eigenvalue weighted by atomic mass is 10.2. The van der Waals surface area contributed by atoms with E-state index in [9.17, 15) is 9.90 Å². The Morgan fingerprint density at radius 3 is 2.73 bits per heavy atom. The van der Waals surface area contributed by atoms with E-state index in [1.165, 1.54) is 11.0 Å². The summed E-state index contributed by atoms with van der Waals surface area (Å²) < 4.78 is 1.40. The van der Waals surface area contributed by atoms with Crippen molar-refractivity contribution >= 4 is 29.1 Å². The van der Waals surface area contributed by atoms with Gasteiger partial charge in [-0.15, -0.1) is 0 Å². The van der Waals surface area contributed by atoms with Gasteiger partial charge in [-0.3, -0.25) is 4.79 Å². The maximum absolute atomic E-state index is 12.2. The summed E-state index contributed by atoms with van der Waals surface area (Å²) >= 11 is 11.8. The molecule has 0 aliphatic carbocycles. The van der Waals surface area contributed by atoms with Crippen LogP contribution in [-0.2, 0) is 17.9 Å². The summed E-state index contributed by atoms with van der Waals surface area (Å²) in [5.41, 5.74) is 0.883. The molecule has 22 heavy (non-hydrogen) atoms. The standard InChI is InChI=1S/C14H16Cl2N4O2/c1-9(21)14-17-8-20(18-14)7-13(22)19(2)6-10-3-4-11(15)12(16)5-10/h3-5,8-9,21H,6-7H2,1-2H3. The summed E-state index contributed by atoms with van der Waals surface area (Å²) in [6.45, 7) is 2.03. The number of benzene rings is 1. The topological polar surface area (TPSA) is 71.2 Å². The second kappa shape index (κ2) is 7.09. The first kappa shape index (κ1) is 16.7. The molecule has 2 rings (SSSR count). The van der Waals surface area contributed by atoms with E-state index in [0.717, 1.165) is 5.56 Å². The molecule has 6 nitrogen and oxygen atoms in total. The van der Waals surface area contributed by atoms with Crippen molar-refractivity contribution in [1.29, 1.82) is 0 Å². The van der Waals surface area contributed by atoms with E-state index in [1.54, 1.807) is 31.0 Å². The molecule has 1 atom stereocenters. The van der Waals surface area contributed by atoms with Crippen LogP contribution in [0.5, 0.6) is 0 Å². The zero-order chi connectivity index (χ0) is 16.3. The molecule has 0 aliphatic heterocycles. The number of hydrogen-bond acceptors (Lipinski definition) is 4. The van der Waals surface area contributed by atoms with Crippen molar-refractivity contribution < 1.29 is 9.90 Å². The van der Waals surface area contributed by atoms with E-state index in [-0.39, 0.29) is 12.5 Å². The first-order valence-electron chi connectivity index (χ1n) is 6.62. The Kier molecular flexibility index (Phi) is 5.39. The Morgan fingerprint density at radius 1 is 1.41 bits per heavy atom. The van der Waals surface area contributed by atoms with Gasteiger partial charge < -0.3 is 10.0 Å². The van der Waals surface area contributed by atoms with Crippen molar-refractivity contribution in [1.82, 2.24) is 19.7 Å². The Labute approximate surface area is 138 Å². The lowest BCUT2D eigenvalue weighted by Crippen LogP contribution is -2.30. The van der Waals surface area contributed by atoms with Crippen LogP contribution in [0.15, 0.2) is 24.5 Å². The van der Waals surface area contributed by atoms with Crippen LogP contribution in [0.2, 0.25) is 10.0 Å². The zero-order valence-electron chi connectivity index (χ0n) is 12.2. The normalized spacial score (nSPS) is 12.2. The minimum Gasteiger partial charge on any atom is -0.385 e. The van der Waals surface area contributed by atoms with E-state index in [1.807, 2.05) is 6.07 Å². The van der Waals surface area contributed by atoms with Gasteiger partial charge in [0.15, 0.2) is 5.82 Å². The fourth-order valence-corrected chi connectivity index (χ4v) is 2.16. The van der Waals surface area contributed by atoms with E-state index in [4.69, 9.17) is 23.2 Å². The SMILES string of the molecule is CC(O)c1ncn(CC(=O)N(C)Cc2ccc(Cl)c(Cl)c2)n1. The Balaban J connectivity index is 1.97. The van der Waals surface area contributed by atoms with Crippen molar-refractivity contribution in [2.75, 3.05) is 7.05 Å². The van der Waals surface area contributed by atoms with Crippen molar-refractivity contribution in [3.63, 3.8) is 0 Å². The summed E-state index contributed by atoms with van der Waals surface area (Å²) in [6.07, 6.45) is 0.665. The minimum atomic E-state index is -0.759. The summed E-state index contributed by atoms with van der Waals surface area (Å²) in [4.78, 5) is 17.7. The molecule has 1 unspecified atom stereocenters. The highest BCUT2D eigenvalue weighted by atomic mass is 35.5. The first-order valence-corrected chi connectivity index (χ1v) is 7.37. The Morgan fingerprint density at radius 2 is 2.14 bits per heavy atom. The summed E-state index contributed by atoms with van der Waals surface area (Å²) in [5, 5.41) is 14.3. The number of aliphatic hydroxyl groups is 1.